The second-order valence-corrected chi connectivity index (χ2v) is 6.63. The fourth-order valence-corrected chi connectivity index (χ4v) is 3.70. The van der Waals surface area contributed by atoms with E-state index in [4.69, 9.17) is 5.73 Å². The molecule has 0 bridgehead atoms. The Morgan fingerprint density at radius 3 is 2.95 bits per heavy atom. The topological polar surface area (TPSA) is 56.7 Å². The normalized spacial score (nSPS) is 14.9. The quantitative estimate of drug-likeness (QED) is 0.834. The first-order valence-corrected chi connectivity index (χ1v) is 8.10. The Balaban J connectivity index is 1.92. The molecule has 0 fully saturated rings. The largest absolute Gasteiger partial charge is 0.398 e. The summed E-state index contributed by atoms with van der Waals surface area (Å²) in [6.45, 7) is 0.937. The maximum Gasteiger partial charge on any atom is 0.196 e. The molecule has 2 heterocycles. The van der Waals surface area contributed by atoms with Crippen LogP contribution in [0.25, 0.3) is 0 Å². The number of hydrogen-bond donors (Lipinski definition) is 1. The summed E-state index contributed by atoms with van der Waals surface area (Å²) in [4.78, 5) is 0.790. The molecule has 0 unspecified atom stereocenters. The smallest absolute Gasteiger partial charge is 0.196 e. The van der Waals surface area contributed by atoms with E-state index in [1.54, 1.807) is 6.07 Å². The third-order valence-electron chi connectivity index (χ3n) is 3.33. The molecular weight excluding hydrogens is 343 g/mol. The van der Waals surface area contributed by atoms with Crippen LogP contribution in [0.15, 0.2) is 26.7 Å². The standard InChI is InChI=1S/C13H14BrFN4S/c14-8-6-11(10(16)7-9(8)15)20-13-18-17-12-4-2-1-3-5-19(12)13/h6-7H,1-5,16H2. The second-order valence-electron chi connectivity index (χ2n) is 4.77. The van der Waals surface area contributed by atoms with Crippen molar-refractivity contribution in [3.8, 4) is 0 Å². The Hall–Kier alpha value is -1.08. The predicted molar refractivity (Wildman–Crippen MR) is 80.2 cm³/mol. The Labute approximate surface area is 129 Å². The van der Waals surface area contributed by atoms with Gasteiger partial charge in [-0.1, -0.05) is 6.42 Å². The van der Waals surface area contributed by atoms with Crippen molar-refractivity contribution in [1.29, 1.82) is 0 Å². The van der Waals surface area contributed by atoms with Crippen LogP contribution in [0.1, 0.15) is 25.1 Å². The number of anilines is 1. The monoisotopic (exact) mass is 356 g/mol. The maximum atomic E-state index is 13.4. The number of hydrogen-bond acceptors (Lipinski definition) is 4. The van der Waals surface area contributed by atoms with Gasteiger partial charge < -0.3 is 10.3 Å². The number of benzene rings is 1. The molecule has 1 aromatic heterocycles. The zero-order chi connectivity index (χ0) is 14.1. The molecule has 7 heteroatoms. The number of aryl methyl sites for hydroxylation is 1. The Morgan fingerprint density at radius 1 is 1.25 bits per heavy atom. The minimum absolute atomic E-state index is 0.355. The van der Waals surface area contributed by atoms with Gasteiger partial charge in [-0.05, 0) is 52.7 Å². The SMILES string of the molecule is Nc1cc(F)c(Br)cc1Sc1nnc2n1CCCCC2. The lowest BCUT2D eigenvalue weighted by molar-refractivity contribution is 0.591. The fourth-order valence-electron chi connectivity index (χ4n) is 2.26. The van der Waals surface area contributed by atoms with Gasteiger partial charge >= 0.3 is 0 Å². The molecule has 0 saturated heterocycles. The van der Waals surface area contributed by atoms with Crippen molar-refractivity contribution >= 4 is 33.4 Å². The van der Waals surface area contributed by atoms with Crippen molar-refractivity contribution < 1.29 is 4.39 Å². The van der Waals surface area contributed by atoms with Crippen molar-refractivity contribution in [3.63, 3.8) is 0 Å². The van der Waals surface area contributed by atoms with E-state index in [-0.39, 0.29) is 5.82 Å². The van der Waals surface area contributed by atoms with E-state index in [0.29, 0.717) is 10.2 Å². The molecule has 0 spiro atoms. The van der Waals surface area contributed by atoms with Crippen molar-refractivity contribution in [2.45, 2.75) is 42.3 Å². The van der Waals surface area contributed by atoms with Gasteiger partial charge in [0.2, 0.25) is 0 Å². The van der Waals surface area contributed by atoms with E-state index in [0.717, 1.165) is 41.7 Å². The van der Waals surface area contributed by atoms with Gasteiger partial charge in [0.05, 0.1) is 4.47 Å². The lowest BCUT2D eigenvalue weighted by Gasteiger charge is -2.08. The van der Waals surface area contributed by atoms with Crippen LogP contribution in [0.5, 0.6) is 0 Å². The van der Waals surface area contributed by atoms with E-state index in [1.165, 1.54) is 24.2 Å². The van der Waals surface area contributed by atoms with Crippen LogP contribution in [0.3, 0.4) is 0 Å². The molecule has 2 N–H and O–H groups in total. The predicted octanol–water partition coefficient (Wildman–Crippen LogP) is 3.64. The summed E-state index contributed by atoms with van der Waals surface area (Å²) in [5, 5.41) is 9.31. The van der Waals surface area contributed by atoms with Crippen LogP contribution >= 0.6 is 27.7 Å². The van der Waals surface area contributed by atoms with Gasteiger partial charge in [-0.15, -0.1) is 10.2 Å². The molecule has 1 aliphatic rings. The summed E-state index contributed by atoms with van der Waals surface area (Å²) in [7, 11) is 0. The molecule has 0 saturated carbocycles. The molecule has 0 amide bonds. The number of fused-ring (bicyclic) bond motifs is 1. The van der Waals surface area contributed by atoms with E-state index in [9.17, 15) is 4.39 Å². The van der Waals surface area contributed by atoms with Gasteiger partial charge in [0.25, 0.3) is 0 Å². The average Bonchev–Trinajstić information content (AvgIpc) is 2.65. The number of nitrogens with two attached hydrogens (primary N) is 1. The molecule has 1 aliphatic heterocycles. The number of halogens is 2. The number of nitrogen functional groups attached to an aromatic ring is 1. The lowest BCUT2D eigenvalue weighted by Crippen LogP contribution is -2.02. The minimum Gasteiger partial charge on any atom is -0.398 e. The van der Waals surface area contributed by atoms with Gasteiger partial charge in [-0.3, -0.25) is 0 Å². The molecule has 106 valence electrons. The summed E-state index contributed by atoms with van der Waals surface area (Å²) in [5.74, 6) is 0.677. The van der Waals surface area contributed by atoms with Crippen molar-refractivity contribution in [3.05, 3.63) is 28.2 Å². The fraction of sp³-hybridized carbons (Fsp3) is 0.385. The summed E-state index contributed by atoms with van der Waals surface area (Å²) in [6.07, 6.45) is 4.49. The summed E-state index contributed by atoms with van der Waals surface area (Å²) in [6, 6.07) is 3.01. The van der Waals surface area contributed by atoms with E-state index in [2.05, 4.69) is 30.7 Å². The van der Waals surface area contributed by atoms with Gasteiger partial charge in [-0.25, -0.2) is 4.39 Å². The van der Waals surface area contributed by atoms with Crippen LogP contribution in [-0.2, 0) is 13.0 Å². The number of rotatable bonds is 2. The summed E-state index contributed by atoms with van der Waals surface area (Å²) in [5.41, 5.74) is 6.29. The highest BCUT2D eigenvalue weighted by atomic mass is 79.9. The minimum atomic E-state index is -0.355. The van der Waals surface area contributed by atoms with Crippen LogP contribution in [0, 0.1) is 5.82 Å². The Morgan fingerprint density at radius 2 is 2.10 bits per heavy atom. The molecule has 4 nitrogen and oxygen atoms in total. The maximum absolute atomic E-state index is 13.4. The third-order valence-corrected chi connectivity index (χ3v) is 5.00. The number of nitrogens with zero attached hydrogens (tertiary/aromatic N) is 3. The van der Waals surface area contributed by atoms with Crippen LogP contribution < -0.4 is 5.73 Å². The Bertz CT molecular complexity index is 644. The molecular formula is C13H14BrFN4S. The van der Waals surface area contributed by atoms with E-state index in [1.807, 2.05) is 0 Å². The molecule has 3 rings (SSSR count). The third kappa shape index (κ3) is 2.69. The zero-order valence-corrected chi connectivity index (χ0v) is 13.2. The molecule has 0 radical (unpaired) electrons. The zero-order valence-electron chi connectivity index (χ0n) is 10.8. The van der Waals surface area contributed by atoms with Crippen molar-refractivity contribution in [1.82, 2.24) is 14.8 Å². The van der Waals surface area contributed by atoms with Gasteiger partial charge in [-0.2, -0.15) is 0 Å². The highest BCUT2D eigenvalue weighted by molar-refractivity contribution is 9.10. The lowest BCUT2D eigenvalue weighted by atomic mass is 10.2. The molecule has 1 aromatic carbocycles. The van der Waals surface area contributed by atoms with Crippen LogP contribution in [0.4, 0.5) is 10.1 Å². The highest BCUT2D eigenvalue weighted by Gasteiger charge is 2.17. The average molecular weight is 357 g/mol. The first kappa shape index (κ1) is 13.9. The second kappa shape index (κ2) is 5.73. The van der Waals surface area contributed by atoms with Crippen molar-refractivity contribution in [2.75, 3.05) is 5.73 Å². The van der Waals surface area contributed by atoms with Gasteiger partial charge in [0.1, 0.15) is 11.6 Å². The first-order chi connectivity index (χ1) is 9.65. The van der Waals surface area contributed by atoms with Gasteiger partial charge in [0, 0.05) is 23.5 Å². The van der Waals surface area contributed by atoms with E-state index >= 15 is 0 Å². The molecule has 20 heavy (non-hydrogen) atoms. The summed E-state index contributed by atoms with van der Waals surface area (Å²) >= 11 is 4.62. The van der Waals surface area contributed by atoms with Crippen molar-refractivity contribution in [2.24, 2.45) is 0 Å². The van der Waals surface area contributed by atoms with E-state index < -0.39 is 0 Å². The molecule has 0 aliphatic carbocycles. The van der Waals surface area contributed by atoms with Crippen LogP contribution in [0.2, 0.25) is 0 Å². The molecule has 0 atom stereocenters. The van der Waals surface area contributed by atoms with Crippen LogP contribution in [-0.4, -0.2) is 14.8 Å². The molecule has 2 aromatic rings. The Kier molecular flexibility index (Phi) is 3.98. The summed E-state index contributed by atoms with van der Waals surface area (Å²) < 4.78 is 16.0. The van der Waals surface area contributed by atoms with Gasteiger partial charge in [0.15, 0.2) is 5.16 Å². The number of aromatic nitrogens is 3. The highest BCUT2D eigenvalue weighted by Crippen LogP contribution is 2.35. The first-order valence-electron chi connectivity index (χ1n) is 6.49.